The van der Waals surface area contributed by atoms with Gasteiger partial charge in [-0.2, -0.15) is 0 Å². The number of amides is 1. The van der Waals surface area contributed by atoms with Crippen molar-refractivity contribution in [2.45, 2.75) is 30.0 Å². The van der Waals surface area contributed by atoms with Crippen molar-refractivity contribution in [2.75, 3.05) is 5.32 Å². The summed E-state index contributed by atoms with van der Waals surface area (Å²) in [6.07, 6.45) is 2.75. The maximum absolute atomic E-state index is 12.6. The van der Waals surface area contributed by atoms with Crippen molar-refractivity contribution >= 4 is 21.4 Å². The van der Waals surface area contributed by atoms with Crippen LogP contribution >= 0.6 is 0 Å². The topological polar surface area (TPSA) is 98.2 Å². The average Bonchev–Trinajstić information content (AvgIpc) is 2.70. The van der Waals surface area contributed by atoms with Gasteiger partial charge in [-0.1, -0.05) is 6.07 Å². The first-order valence-electron chi connectivity index (χ1n) is 8.56. The smallest absolute Gasteiger partial charge is 0.255 e. The first-order valence-corrected chi connectivity index (χ1v) is 10.0. The van der Waals surface area contributed by atoms with E-state index in [1.54, 1.807) is 24.3 Å². The number of hydrogen-bond acceptors (Lipinski definition) is 6. The molecule has 0 saturated carbocycles. The van der Waals surface area contributed by atoms with Crippen LogP contribution in [0.25, 0.3) is 0 Å². The maximum atomic E-state index is 12.6. The van der Waals surface area contributed by atoms with Crippen LogP contribution < -0.4 is 10.1 Å². The van der Waals surface area contributed by atoms with Gasteiger partial charge in [0.25, 0.3) is 11.1 Å². The summed E-state index contributed by atoms with van der Waals surface area (Å²) in [5.41, 5.74) is 0.778. The SMILES string of the molecule is CC(C)Oc1ccc(NC(=O)c2cccc(S(=O)(=O)c3ncccn3)c2)cc1. The summed E-state index contributed by atoms with van der Waals surface area (Å²) in [6, 6.07) is 14.2. The zero-order valence-electron chi connectivity index (χ0n) is 15.4. The largest absolute Gasteiger partial charge is 0.491 e. The molecule has 0 unspecified atom stereocenters. The fourth-order valence-corrected chi connectivity index (χ4v) is 3.58. The Morgan fingerprint density at radius 2 is 1.68 bits per heavy atom. The van der Waals surface area contributed by atoms with Gasteiger partial charge in [0.1, 0.15) is 5.75 Å². The van der Waals surface area contributed by atoms with Crippen LogP contribution in [0, 0.1) is 0 Å². The van der Waals surface area contributed by atoms with Crippen molar-refractivity contribution in [3.8, 4) is 5.75 Å². The molecule has 7 nitrogen and oxygen atoms in total. The Morgan fingerprint density at radius 1 is 1.00 bits per heavy atom. The molecule has 0 spiro atoms. The Kier molecular flexibility index (Phi) is 5.70. The van der Waals surface area contributed by atoms with Crippen molar-refractivity contribution in [1.82, 2.24) is 9.97 Å². The van der Waals surface area contributed by atoms with Crippen molar-refractivity contribution in [3.63, 3.8) is 0 Å². The van der Waals surface area contributed by atoms with Gasteiger partial charge in [0.05, 0.1) is 11.0 Å². The van der Waals surface area contributed by atoms with Gasteiger partial charge in [-0.15, -0.1) is 0 Å². The number of carbonyl (C=O) groups is 1. The van der Waals surface area contributed by atoms with E-state index < -0.39 is 15.7 Å². The van der Waals surface area contributed by atoms with Gasteiger partial charge >= 0.3 is 0 Å². The van der Waals surface area contributed by atoms with Crippen molar-refractivity contribution in [2.24, 2.45) is 0 Å². The van der Waals surface area contributed by atoms with Crippen molar-refractivity contribution in [3.05, 3.63) is 72.6 Å². The molecule has 0 atom stereocenters. The highest BCUT2D eigenvalue weighted by Gasteiger charge is 2.21. The van der Waals surface area contributed by atoms with Crippen LogP contribution in [0.15, 0.2) is 77.0 Å². The van der Waals surface area contributed by atoms with Crippen molar-refractivity contribution in [1.29, 1.82) is 0 Å². The molecule has 144 valence electrons. The first kappa shape index (κ1) is 19.5. The summed E-state index contributed by atoms with van der Waals surface area (Å²) in [5, 5.41) is 2.42. The molecule has 28 heavy (non-hydrogen) atoms. The molecule has 3 rings (SSSR count). The van der Waals surface area contributed by atoms with Gasteiger partial charge in [0.2, 0.25) is 9.84 Å². The monoisotopic (exact) mass is 397 g/mol. The predicted molar refractivity (Wildman–Crippen MR) is 104 cm³/mol. The number of anilines is 1. The van der Waals surface area contributed by atoms with Gasteiger partial charge < -0.3 is 10.1 Å². The van der Waals surface area contributed by atoms with Gasteiger partial charge in [0.15, 0.2) is 0 Å². The number of nitrogens with zero attached hydrogens (tertiary/aromatic N) is 2. The average molecular weight is 397 g/mol. The molecule has 0 bridgehead atoms. The zero-order chi connectivity index (χ0) is 20.1. The Balaban J connectivity index is 1.79. The third-order valence-electron chi connectivity index (χ3n) is 3.67. The predicted octanol–water partition coefficient (Wildman–Crippen LogP) is 3.35. The highest BCUT2D eigenvalue weighted by Crippen LogP contribution is 2.20. The second kappa shape index (κ2) is 8.18. The fraction of sp³-hybridized carbons (Fsp3) is 0.150. The van der Waals surface area contributed by atoms with Crippen LogP contribution in [0.2, 0.25) is 0 Å². The minimum atomic E-state index is -3.90. The number of aromatic nitrogens is 2. The van der Waals surface area contributed by atoms with E-state index >= 15 is 0 Å². The lowest BCUT2D eigenvalue weighted by Crippen LogP contribution is -2.13. The molecule has 0 aliphatic heterocycles. The second-order valence-electron chi connectivity index (χ2n) is 6.21. The van der Waals surface area contributed by atoms with Crippen LogP contribution in [-0.4, -0.2) is 30.4 Å². The number of ether oxygens (including phenoxy) is 1. The minimum Gasteiger partial charge on any atom is -0.491 e. The van der Waals surface area contributed by atoms with Crippen LogP contribution in [0.3, 0.4) is 0 Å². The van der Waals surface area contributed by atoms with E-state index in [-0.39, 0.29) is 21.7 Å². The molecule has 0 aliphatic carbocycles. The lowest BCUT2D eigenvalue weighted by molar-refractivity contribution is 0.102. The molecule has 0 radical (unpaired) electrons. The first-order chi connectivity index (χ1) is 13.4. The molecule has 3 aromatic rings. The van der Waals surface area contributed by atoms with E-state index in [4.69, 9.17) is 4.74 Å². The number of nitrogens with one attached hydrogen (secondary N) is 1. The Morgan fingerprint density at radius 3 is 2.32 bits per heavy atom. The molecule has 0 saturated heterocycles. The Labute approximate surface area is 163 Å². The van der Waals surface area contributed by atoms with E-state index in [2.05, 4.69) is 15.3 Å². The standard InChI is InChI=1S/C20H19N3O4S/c1-14(2)27-17-9-7-16(8-10-17)23-19(24)15-5-3-6-18(13-15)28(25,26)20-21-11-4-12-22-20/h3-14H,1-2H3,(H,23,24). The molecular formula is C20H19N3O4S. The summed E-state index contributed by atoms with van der Waals surface area (Å²) < 4.78 is 30.8. The summed E-state index contributed by atoms with van der Waals surface area (Å²) >= 11 is 0. The Hall–Kier alpha value is -3.26. The summed E-state index contributed by atoms with van der Waals surface area (Å²) in [5.74, 6) is 0.271. The highest BCUT2D eigenvalue weighted by molar-refractivity contribution is 7.91. The van der Waals surface area contributed by atoms with Crippen LogP contribution in [-0.2, 0) is 9.84 Å². The van der Waals surface area contributed by atoms with Gasteiger partial charge in [0, 0.05) is 23.6 Å². The quantitative estimate of drug-likeness (QED) is 0.641. The summed E-state index contributed by atoms with van der Waals surface area (Å²) in [6.45, 7) is 3.86. The number of sulfone groups is 1. The number of carbonyl (C=O) groups excluding carboxylic acids is 1. The van der Waals surface area contributed by atoms with Crippen LogP contribution in [0.1, 0.15) is 24.2 Å². The summed E-state index contributed by atoms with van der Waals surface area (Å²) in [4.78, 5) is 20.0. The third kappa shape index (κ3) is 4.52. The van der Waals surface area contributed by atoms with Crippen LogP contribution in [0.4, 0.5) is 5.69 Å². The molecular weight excluding hydrogens is 378 g/mol. The molecule has 1 aromatic heterocycles. The van der Waals surface area contributed by atoms with E-state index in [1.165, 1.54) is 42.7 Å². The van der Waals surface area contributed by atoms with Gasteiger partial charge in [-0.05, 0) is 62.4 Å². The lowest BCUT2D eigenvalue weighted by atomic mass is 10.2. The molecule has 1 heterocycles. The fourth-order valence-electron chi connectivity index (χ4n) is 2.43. The van der Waals surface area contributed by atoms with E-state index in [0.29, 0.717) is 11.4 Å². The minimum absolute atomic E-state index is 0.0490. The molecule has 0 aliphatic rings. The van der Waals surface area contributed by atoms with Gasteiger partial charge in [-0.25, -0.2) is 18.4 Å². The van der Waals surface area contributed by atoms with E-state index in [9.17, 15) is 13.2 Å². The van der Waals surface area contributed by atoms with Crippen LogP contribution in [0.5, 0.6) is 5.75 Å². The number of benzene rings is 2. The Bertz CT molecular complexity index is 1070. The maximum Gasteiger partial charge on any atom is 0.255 e. The second-order valence-corrected chi connectivity index (χ2v) is 8.05. The van der Waals surface area contributed by atoms with E-state index in [1.807, 2.05) is 13.8 Å². The highest BCUT2D eigenvalue weighted by atomic mass is 32.2. The normalized spacial score (nSPS) is 11.2. The zero-order valence-corrected chi connectivity index (χ0v) is 16.2. The summed E-state index contributed by atoms with van der Waals surface area (Å²) in [7, 11) is -3.90. The molecule has 8 heteroatoms. The third-order valence-corrected chi connectivity index (χ3v) is 5.24. The molecule has 2 aromatic carbocycles. The van der Waals surface area contributed by atoms with E-state index in [0.717, 1.165) is 0 Å². The number of rotatable bonds is 6. The lowest BCUT2D eigenvalue weighted by Gasteiger charge is -2.11. The number of hydrogen-bond donors (Lipinski definition) is 1. The molecule has 0 fully saturated rings. The van der Waals surface area contributed by atoms with Crippen molar-refractivity contribution < 1.29 is 17.9 Å². The molecule has 1 N–H and O–H groups in total. The van der Waals surface area contributed by atoms with Gasteiger partial charge in [-0.3, -0.25) is 4.79 Å². The molecule has 1 amide bonds.